The summed E-state index contributed by atoms with van der Waals surface area (Å²) in [6.07, 6.45) is 7.41. The van der Waals surface area contributed by atoms with Gasteiger partial charge in [-0.2, -0.15) is 5.10 Å². The number of nitrogens with one attached hydrogen (secondary N) is 1. The maximum Gasteiger partial charge on any atom is 0.323 e. The minimum absolute atomic E-state index is 0.0835. The van der Waals surface area contributed by atoms with Crippen molar-refractivity contribution in [1.29, 1.82) is 0 Å². The number of nitrogens with zero attached hydrogens (tertiary/aromatic N) is 5. The minimum atomic E-state index is -0.0835. The molecule has 2 aromatic rings. The molecule has 4 heterocycles. The van der Waals surface area contributed by atoms with Crippen molar-refractivity contribution in [1.82, 2.24) is 24.6 Å². The zero-order valence-corrected chi connectivity index (χ0v) is 16.6. The van der Waals surface area contributed by atoms with Crippen LogP contribution in [0.25, 0.3) is 11.1 Å². The number of likely N-dealkylation sites (tertiary alicyclic amines) is 1. The number of hydrogen-bond acceptors (Lipinski definition) is 5. The first kappa shape index (κ1) is 18.9. The molecule has 0 bridgehead atoms. The van der Waals surface area contributed by atoms with Gasteiger partial charge >= 0.3 is 6.03 Å². The Morgan fingerprint density at radius 2 is 1.93 bits per heavy atom. The number of hydrogen-bond donors (Lipinski definition) is 1. The van der Waals surface area contributed by atoms with Gasteiger partial charge in [-0.15, -0.1) is 0 Å². The van der Waals surface area contributed by atoms with E-state index in [1.165, 1.54) is 0 Å². The van der Waals surface area contributed by atoms with E-state index in [4.69, 9.17) is 4.74 Å². The van der Waals surface area contributed by atoms with E-state index in [1.54, 1.807) is 17.1 Å². The van der Waals surface area contributed by atoms with Crippen LogP contribution in [-0.4, -0.2) is 75.5 Å². The van der Waals surface area contributed by atoms with Crippen LogP contribution in [0.3, 0.4) is 0 Å². The SMILES string of the molecule is Cn1cc(-c2ccnc(NC(=O)N3CCC(C)(N4CCOCC4)CC3)c2)cn1. The Balaban J connectivity index is 1.36. The lowest BCUT2D eigenvalue weighted by atomic mass is 9.87. The summed E-state index contributed by atoms with van der Waals surface area (Å²) in [4.78, 5) is 21.4. The van der Waals surface area contributed by atoms with E-state index in [0.717, 1.165) is 63.4 Å². The summed E-state index contributed by atoms with van der Waals surface area (Å²) >= 11 is 0. The van der Waals surface area contributed by atoms with Gasteiger partial charge in [0.05, 0.1) is 19.4 Å². The lowest BCUT2D eigenvalue weighted by molar-refractivity contribution is -0.0352. The second kappa shape index (κ2) is 7.89. The number of pyridine rings is 1. The summed E-state index contributed by atoms with van der Waals surface area (Å²) in [5.41, 5.74) is 2.13. The number of anilines is 1. The number of ether oxygens (including phenoxy) is 1. The van der Waals surface area contributed by atoms with Crippen molar-refractivity contribution in [2.24, 2.45) is 7.05 Å². The van der Waals surface area contributed by atoms with E-state index in [9.17, 15) is 4.79 Å². The second-order valence-electron chi connectivity index (χ2n) is 7.85. The Morgan fingerprint density at radius 3 is 2.61 bits per heavy atom. The zero-order valence-electron chi connectivity index (χ0n) is 16.6. The number of carbonyl (C=O) groups is 1. The molecule has 8 nitrogen and oxygen atoms in total. The quantitative estimate of drug-likeness (QED) is 0.878. The Kier molecular flexibility index (Phi) is 5.32. The molecule has 2 amide bonds. The summed E-state index contributed by atoms with van der Waals surface area (Å²) in [5, 5.41) is 7.15. The molecule has 2 aliphatic rings. The van der Waals surface area contributed by atoms with Gasteiger partial charge in [-0.3, -0.25) is 14.9 Å². The molecule has 2 aliphatic heterocycles. The lowest BCUT2D eigenvalue weighted by Gasteiger charge is -2.48. The van der Waals surface area contributed by atoms with Crippen LogP contribution in [0.2, 0.25) is 0 Å². The van der Waals surface area contributed by atoms with Crippen molar-refractivity contribution in [3.05, 3.63) is 30.7 Å². The van der Waals surface area contributed by atoms with E-state index in [2.05, 4.69) is 27.2 Å². The fourth-order valence-electron chi connectivity index (χ4n) is 4.05. The Hall–Kier alpha value is -2.45. The zero-order chi connectivity index (χ0) is 19.6. The van der Waals surface area contributed by atoms with Crippen LogP contribution in [0.5, 0.6) is 0 Å². The predicted molar refractivity (Wildman–Crippen MR) is 107 cm³/mol. The summed E-state index contributed by atoms with van der Waals surface area (Å²) in [6, 6.07) is 3.72. The molecule has 0 radical (unpaired) electrons. The largest absolute Gasteiger partial charge is 0.379 e. The molecule has 0 atom stereocenters. The topological polar surface area (TPSA) is 75.5 Å². The predicted octanol–water partition coefficient (Wildman–Crippen LogP) is 2.20. The number of rotatable bonds is 3. The maximum absolute atomic E-state index is 12.7. The molecule has 0 spiro atoms. The highest BCUT2D eigenvalue weighted by Gasteiger charge is 2.37. The van der Waals surface area contributed by atoms with Crippen LogP contribution in [0.4, 0.5) is 10.6 Å². The number of amides is 2. The molecule has 0 aromatic carbocycles. The molecule has 4 rings (SSSR count). The highest BCUT2D eigenvalue weighted by Crippen LogP contribution is 2.29. The third-order valence-electron chi connectivity index (χ3n) is 5.94. The smallest absolute Gasteiger partial charge is 0.323 e. The lowest BCUT2D eigenvalue weighted by Crippen LogP contribution is -2.57. The van der Waals surface area contributed by atoms with Crippen molar-refractivity contribution < 1.29 is 9.53 Å². The molecular formula is C20H28N6O2. The average molecular weight is 384 g/mol. The second-order valence-corrected chi connectivity index (χ2v) is 7.85. The van der Waals surface area contributed by atoms with Crippen molar-refractivity contribution >= 4 is 11.8 Å². The minimum Gasteiger partial charge on any atom is -0.379 e. The molecule has 1 N–H and O–H groups in total. The van der Waals surface area contributed by atoms with Gasteiger partial charge in [0, 0.05) is 56.7 Å². The normalized spacial score (nSPS) is 20.1. The maximum atomic E-state index is 12.7. The van der Waals surface area contributed by atoms with Crippen molar-refractivity contribution in [3.8, 4) is 11.1 Å². The first-order valence-electron chi connectivity index (χ1n) is 9.87. The number of urea groups is 1. The number of piperidine rings is 1. The van der Waals surface area contributed by atoms with Gasteiger partial charge in [-0.05, 0) is 37.5 Å². The van der Waals surface area contributed by atoms with Crippen LogP contribution in [0.15, 0.2) is 30.7 Å². The van der Waals surface area contributed by atoms with Crippen molar-refractivity contribution in [2.75, 3.05) is 44.7 Å². The van der Waals surface area contributed by atoms with Gasteiger partial charge in [-0.1, -0.05) is 0 Å². The molecule has 150 valence electrons. The Labute approximate surface area is 165 Å². The Bertz CT molecular complexity index is 822. The molecule has 0 saturated carbocycles. The van der Waals surface area contributed by atoms with Crippen molar-refractivity contribution in [3.63, 3.8) is 0 Å². The number of carbonyl (C=O) groups excluding carboxylic acids is 1. The number of aromatic nitrogens is 3. The van der Waals surface area contributed by atoms with Gasteiger partial charge in [0.2, 0.25) is 0 Å². The van der Waals surface area contributed by atoms with Gasteiger partial charge in [-0.25, -0.2) is 9.78 Å². The van der Waals surface area contributed by atoms with Crippen LogP contribution in [0, 0.1) is 0 Å². The van der Waals surface area contributed by atoms with E-state index in [0.29, 0.717) is 5.82 Å². The summed E-state index contributed by atoms with van der Waals surface area (Å²) in [5.74, 6) is 0.563. The summed E-state index contributed by atoms with van der Waals surface area (Å²) < 4.78 is 7.23. The third-order valence-corrected chi connectivity index (χ3v) is 5.94. The Morgan fingerprint density at radius 1 is 1.18 bits per heavy atom. The molecule has 28 heavy (non-hydrogen) atoms. The monoisotopic (exact) mass is 384 g/mol. The highest BCUT2D eigenvalue weighted by atomic mass is 16.5. The fraction of sp³-hybridized carbons (Fsp3) is 0.550. The third kappa shape index (κ3) is 4.02. The van der Waals surface area contributed by atoms with E-state index in [-0.39, 0.29) is 11.6 Å². The fourth-order valence-corrected chi connectivity index (χ4v) is 4.05. The highest BCUT2D eigenvalue weighted by molar-refractivity contribution is 5.89. The first-order chi connectivity index (χ1) is 13.5. The van der Waals surface area contributed by atoms with Crippen LogP contribution in [-0.2, 0) is 11.8 Å². The average Bonchev–Trinajstić information content (AvgIpc) is 3.16. The summed E-state index contributed by atoms with van der Waals surface area (Å²) in [6.45, 7) is 7.38. The first-order valence-corrected chi connectivity index (χ1v) is 9.87. The van der Waals surface area contributed by atoms with Crippen molar-refractivity contribution in [2.45, 2.75) is 25.3 Å². The van der Waals surface area contributed by atoms with Crippen LogP contribution >= 0.6 is 0 Å². The van der Waals surface area contributed by atoms with E-state index >= 15 is 0 Å². The van der Waals surface area contributed by atoms with Gasteiger partial charge in [0.1, 0.15) is 5.82 Å². The molecule has 2 fully saturated rings. The van der Waals surface area contributed by atoms with Gasteiger partial charge in [0.15, 0.2) is 0 Å². The van der Waals surface area contributed by atoms with Crippen LogP contribution in [0.1, 0.15) is 19.8 Å². The van der Waals surface area contributed by atoms with Crippen LogP contribution < -0.4 is 5.32 Å². The van der Waals surface area contributed by atoms with E-state index < -0.39 is 0 Å². The number of aryl methyl sites for hydroxylation is 1. The molecule has 2 aromatic heterocycles. The van der Waals surface area contributed by atoms with E-state index in [1.807, 2.05) is 30.3 Å². The van der Waals surface area contributed by atoms with Gasteiger partial charge < -0.3 is 9.64 Å². The molecule has 0 aliphatic carbocycles. The van der Waals surface area contributed by atoms with Gasteiger partial charge in [0.25, 0.3) is 0 Å². The molecule has 0 unspecified atom stereocenters. The molecular weight excluding hydrogens is 356 g/mol. The summed E-state index contributed by atoms with van der Waals surface area (Å²) in [7, 11) is 1.88. The number of morpholine rings is 1. The molecule has 8 heteroatoms. The standard InChI is InChI=1S/C20H28N6O2/c1-20(26-9-11-28-12-10-26)4-7-25(8-5-20)19(27)23-18-13-16(3-6-21-18)17-14-22-24(2)15-17/h3,6,13-15H,4-5,7-12H2,1-2H3,(H,21,23,27). The molecule has 2 saturated heterocycles.